The Labute approximate surface area is 156 Å². The van der Waals surface area contributed by atoms with E-state index in [0.717, 1.165) is 5.56 Å². The molecule has 1 heterocycles. The molecule has 0 spiro atoms. The summed E-state index contributed by atoms with van der Waals surface area (Å²) in [6, 6.07) is 14.1. The van der Waals surface area contributed by atoms with E-state index in [1.165, 1.54) is 6.07 Å². The van der Waals surface area contributed by atoms with E-state index >= 15 is 0 Å². The average molecular weight is 368 g/mol. The Bertz CT molecular complexity index is 911. The van der Waals surface area contributed by atoms with Crippen LogP contribution in [0.1, 0.15) is 29.5 Å². The van der Waals surface area contributed by atoms with Gasteiger partial charge in [-0.25, -0.2) is 4.39 Å². The van der Waals surface area contributed by atoms with Gasteiger partial charge in [-0.15, -0.1) is 0 Å². The summed E-state index contributed by atoms with van der Waals surface area (Å²) < 4.78 is 18.8. The molecule has 3 rings (SSSR count). The molecule has 6 nitrogen and oxygen atoms in total. The van der Waals surface area contributed by atoms with Crippen LogP contribution in [0.2, 0.25) is 0 Å². The third kappa shape index (κ3) is 4.98. The van der Waals surface area contributed by atoms with Crippen LogP contribution in [0.25, 0.3) is 11.4 Å². The summed E-state index contributed by atoms with van der Waals surface area (Å²) in [6.07, 6.45) is 0.499. The maximum Gasteiger partial charge on any atom is 0.227 e. The van der Waals surface area contributed by atoms with Gasteiger partial charge in [0.1, 0.15) is 5.82 Å². The van der Waals surface area contributed by atoms with Crippen LogP contribution in [-0.4, -0.2) is 22.6 Å². The summed E-state index contributed by atoms with van der Waals surface area (Å²) >= 11 is 0. The highest BCUT2D eigenvalue weighted by Crippen LogP contribution is 2.19. The van der Waals surface area contributed by atoms with E-state index < -0.39 is 0 Å². The van der Waals surface area contributed by atoms with Crippen molar-refractivity contribution in [2.24, 2.45) is 5.73 Å². The smallest absolute Gasteiger partial charge is 0.227 e. The fourth-order valence-corrected chi connectivity index (χ4v) is 2.56. The standard InChI is InChI=1S/C20H21FN4O2/c1-13-7-8-15(11-16(13)21)20-24-19(27-25-20)10-9-18(26)23-12-17(22)14-5-3-2-4-6-14/h2-8,11,17H,9-10,12,22H2,1H3,(H,23,26). The number of aryl methyl sites for hydroxylation is 2. The summed E-state index contributed by atoms with van der Waals surface area (Å²) in [6.45, 7) is 2.03. The number of carbonyl (C=O) groups is 1. The van der Waals surface area contributed by atoms with E-state index in [0.29, 0.717) is 35.8 Å². The molecule has 0 aliphatic carbocycles. The van der Waals surface area contributed by atoms with Crippen LogP contribution in [0.3, 0.4) is 0 Å². The van der Waals surface area contributed by atoms with E-state index in [2.05, 4.69) is 15.5 Å². The Hall–Kier alpha value is -3.06. The third-order valence-corrected chi connectivity index (χ3v) is 4.21. The molecule has 1 aromatic heterocycles. The number of hydrogen-bond donors (Lipinski definition) is 2. The van der Waals surface area contributed by atoms with Crippen molar-refractivity contribution in [3.05, 3.63) is 71.4 Å². The minimum absolute atomic E-state index is 0.150. The second-order valence-corrected chi connectivity index (χ2v) is 6.30. The van der Waals surface area contributed by atoms with Crippen molar-refractivity contribution >= 4 is 5.91 Å². The van der Waals surface area contributed by atoms with E-state index in [4.69, 9.17) is 10.3 Å². The van der Waals surface area contributed by atoms with E-state index in [-0.39, 0.29) is 24.2 Å². The number of nitrogens with zero attached hydrogens (tertiary/aromatic N) is 2. The number of nitrogens with two attached hydrogens (primary N) is 1. The van der Waals surface area contributed by atoms with Gasteiger partial charge in [-0.1, -0.05) is 47.6 Å². The summed E-state index contributed by atoms with van der Waals surface area (Å²) in [4.78, 5) is 16.2. The molecule has 7 heteroatoms. The predicted molar refractivity (Wildman–Crippen MR) is 99.1 cm³/mol. The Morgan fingerprint density at radius 3 is 2.78 bits per heavy atom. The lowest BCUT2D eigenvalue weighted by molar-refractivity contribution is -0.121. The topological polar surface area (TPSA) is 94.0 Å². The fraction of sp³-hybridized carbons (Fsp3) is 0.250. The van der Waals surface area contributed by atoms with Crippen LogP contribution in [0.15, 0.2) is 53.1 Å². The maximum absolute atomic E-state index is 13.6. The number of carbonyl (C=O) groups excluding carboxylic acids is 1. The van der Waals surface area contributed by atoms with Gasteiger partial charge in [-0.3, -0.25) is 4.79 Å². The molecular weight excluding hydrogens is 347 g/mol. The van der Waals surface area contributed by atoms with Crippen LogP contribution in [0.5, 0.6) is 0 Å². The molecular formula is C20H21FN4O2. The lowest BCUT2D eigenvalue weighted by atomic mass is 10.1. The van der Waals surface area contributed by atoms with Crippen molar-refractivity contribution in [1.29, 1.82) is 0 Å². The molecule has 27 heavy (non-hydrogen) atoms. The largest absolute Gasteiger partial charge is 0.354 e. The number of amides is 1. The van der Waals surface area contributed by atoms with Gasteiger partial charge in [0.05, 0.1) is 0 Å². The first-order valence-corrected chi connectivity index (χ1v) is 8.69. The second kappa shape index (κ2) is 8.55. The van der Waals surface area contributed by atoms with E-state index in [9.17, 15) is 9.18 Å². The predicted octanol–water partition coefficient (Wildman–Crippen LogP) is 2.93. The zero-order chi connectivity index (χ0) is 19.2. The zero-order valence-corrected chi connectivity index (χ0v) is 15.0. The van der Waals surface area contributed by atoms with Crippen LogP contribution >= 0.6 is 0 Å². The van der Waals surface area contributed by atoms with Gasteiger partial charge < -0.3 is 15.6 Å². The van der Waals surface area contributed by atoms with E-state index in [1.54, 1.807) is 19.1 Å². The summed E-state index contributed by atoms with van der Waals surface area (Å²) in [7, 11) is 0. The lowest BCUT2D eigenvalue weighted by Crippen LogP contribution is -2.32. The van der Waals surface area contributed by atoms with Crippen molar-refractivity contribution in [3.63, 3.8) is 0 Å². The number of halogens is 1. The molecule has 0 aliphatic rings. The van der Waals surface area contributed by atoms with Crippen molar-refractivity contribution in [2.75, 3.05) is 6.54 Å². The summed E-state index contributed by atoms with van der Waals surface area (Å²) in [5.41, 5.74) is 8.10. The van der Waals surface area contributed by atoms with Gasteiger partial charge in [0, 0.05) is 31.0 Å². The maximum atomic E-state index is 13.6. The van der Waals surface area contributed by atoms with Crippen molar-refractivity contribution in [3.8, 4) is 11.4 Å². The van der Waals surface area contributed by atoms with Crippen molar-refractivity contribution < 1.29 is 13.7 Å². The molecule has 1 unspecified atom stereocenters. The average Bonchev–Trinajstić information content (AvgIpc) is 3.16. The molecule has 0 fully saturated rings. The minimum atomic E-state index is -0.326. The highest BCUT2D eigenvalue weighted by Gasteiger charge is 2.13. The third-order valence-electron chi connectivity index (χ3n) is 4.21. The Balaban J connectivity index is 1.49. The minimum Gasteiger partial charge on any atom is -0.354 e. The normalized spacial score (nSPS) is 12.0. The second-order valence-electron chi connectivity index (χ2n) is 6.30. The van der Waals surface area contributed by atoms with Gasteiger partial charge >= 0.3 is 0 Å². The molecule has 0 radical (unpaired) electrons. The highest BCUT2D eigenvalue weighted by molar-refractivity contribution is 5.76. The van der Waals surface area contributed by atoms with Crippen LogP contribution in [0, 0.1) is 12.7 Å². The monoisotopic (exact) mass is 368 g/mol. The van der Waals surface area contributed by atoms with Crippen LogP contribution in [0.4, 0.5) is 4.39 Å². The van der Waals surface area contributed by atoms with Gasteiger partial charge in [0.2, 0.25) is 17.6 Å². The Morgan fingerprint density at radius 1 is 1.26 bits per heavy atom. The van der Waals surface area contributed by atoms with Crippen LogP contribution < -0.4 is 11.1 Å². The number of hydrogen-bond acceptors (Lipinski definition) is 5. The number of nitrogens with one attached hydrogen (secondary N) is 1. The molecule has 0 saturated carbocycles. The van der Waals surface area contributed by atoms with Gasteiger partial charge in [0.15, 0.2) is 0 Å². The molecule has 0 aliphatic heterocycles. The molecule has 1 atom stereocenters. The van der Waals surface area contributed by atoms with Crippen molar-refractivity contribution in [2.45, 2.75) is 25.8 Å². The van der Waals surface area contributed by atoms with Crippen LogP contribution in [-0.2, 0) is 11.2 Å². The first-order chi connectivity index (χ1) is 13.0. The molecule has 140 valence electrons. The first-order valence-electron chi connectivity index (χ1n) is 8.69. The van der Waals surface area contributed by atoms with Gasteiger partial charge in [0.25, 0.3) is 0 Å². The quantitative estimate of drug-likeness (QED) is 0.669. The van der Waals surface area contributed by atoms with Gasteiger partial charge in [-0.2, -0.15) is 4.98 Å². The summed E-state index contributed by atoms with van der Waals surface area (Å²) in [5, 5.41) is 6.64. The number of aromatic nitrogens is 2. The number of rotatable bonds is 7. The molecule has 0 bridgehead atoms. The lowest BCUT2D eigenvalue weighted by Gasteiger charge is -2.12. The molecule has 3 N–H and O–H groups in total. The van der Waals surface area contributed by atoms with Crippen molar-refractivity contribution in [1.82, 2.24) is 15.5 Å². The fourth-order valence-electron chi connectivity index (χ4n) is 2.56. The summed E-state index contributed by atoms with van der Waals surface area (Å²) in [5.74, 6) is 0.152. The molecule has 0 saturated heterocycles. The Morgan fingerprint density at radius 2 is 2.04 bits per heavy atom. The van der Waals surface area contributed by atoms with Gasteiger partial charge in [-0.05, 0) is 24.1 Å². The number of benzene rings is 2. The molecule has 1 amide bonds. The molecule has 3 aromatic rings. The first kappa shape index (κ1) is 18.7. The highest BCUT2D eigenvalue weighted by atomic mass is 19.1. The SMILES string of the molecule is Cc1ccc(-c2noc(CCC(=O)NCC(N)c3ccccc3)n2)cc1F. The molecule has 2 aromatic carbocycles. The Kier molecular flexibility index (Phi) is 5.93. The zero-order valence-electron chi connectivity index (χ0n) is 15.0. The van der Waals surface area contributed by atoms with E-state index in [1.807, 2.05) is 30.3 Å².